The van der Waals surface area contributed by atoms with Crippen LogP contribution < -0.4 is 0 Å². The van der Waals surface area contributed by atoms with E-state index in [1.807, 2.05) is 24.5 Å². The number of benzene rings is 1. The van der Waals surface area contributed by atoms with Crippen molar-refractivity contribution in [1.29, 1.82) is 0 Å². The van der Waals surface area contributed by atoms with Gasteiger partial charge in [0, 0.05) is 43.4 Å². The van der Waals surface area contributed by atoms with Crippen LogP contribution in [0.15, 0.2) is 61.2 Å². The lowest BCUT2D eigenvalue weighted by Gasteiger charge is -2.15. The molecule has 22 heavy (non-hydrogen) atoms. The van der Waals surface area contributed by atoms with Crippen LogP contribution in [0, 0.1) is 0 Å². The second-order valence-electron chi connectivity index (χ2n) is 5.62. The fourth-order valence-electron chi connectivity index (χ4n) is 2.59. The van der Waals surface area contributed by atoms with E-state index in [0.29, 0.717) is 0 Å². The van der Waals surface area contributed by atoms with Crippen LogP contribution in [-0.2, 0) is 13.1 Å². The van der Waals surface area contributed by atoms with Crippen molar-refractivity contribution in [3.05, 3.63) is 72.3 Å². The molecule has 0 N–H and O–H groups in total. The third-order valence-corrected chi connectivity index (χ3v) is 3.60. The summed E-state index contributed by atoms with van der Waals surface area (Å²) in [5.41, 5.74) is 3.76. The number of nitrogens with zero attached hydrogens (tertiary/aromatic N) is 4. The van der Waals surface area contributed by atoms with E-state index in [2.05, 4.69) is 57.8 Å². The average molecular weight is 292 g/mol. The minimum absolute atomic E-state index is 0.821. The summed E-state index contributed by atoms with van der Waals surface area (Å²) in [5.74, 6) is 0.974. The van der Waals surface area contributed by atoms with Gasteiger partial charge in [-0.15, -0.1) is 0 Å². The number of hydrogen-bond acceptors (Lipinski definition) is 3. The lowest BCUT2D eigenvalue weighted by molar-refractivity contribution is 0.400. The van der Waals surface area contributed by atoms with Crippen LogP contribution in [0.25, 0.3) is 11.4 Å². The van der Waals surface area contributed by atoms with Gasteiger partial charge >= 0.3 is 0 Å². The zero-order valence-electron chi connectivity index (χ0n) is 13.0. The zero-order valence-corrected chi connectivity index (χ0v) is 13.0. The SMILES string of the molecule is CN(C)Cc1ccccc1Cn1ccnc1-c1ccncc1. The molecule has 3 rings (SSSR count). The Kier molecular flexibility index (Phi) is 4.30. The molecule has 0 aliphatic heterocycles. The van der Waals surface area contributed by atoms with Gasteiger partial charge in [-0.25, -0.2) is 4.98 Å². The van der Waals surface area contributed by atoms with Gasteiger partial charge in [-0.1, -0.05) is 24.3 Å². The molecule has 0 aliphatic carbocycles. The molecule has 0 fully saturated rings. The maximum absolute atomic E-state index is 4.50. The molecule has 4 heteroatoms. The maximum Gasteiger partial charge on any atom is 0.140 e. The van der Waals surface area contributed by atoms with E-state index in [-0.39, 0.29) is 0 Å². The van der Waals surface area contributed by atoms with Crippen LogP contribution in [0.1, 0.15) is 11.1 Å². The van der Waals surface area contributed by atoms with Gasteiger partial charge < -0.3 is 9.47 Å². The summed E-state index contributed by atoms with van der Waals surface area (Å²) < 4.78 is 2.18. The van der Waals surface area contributed by atoms with Crippen molar-refractivity contribution in [2.75, 3.05) is 14.1 Å². The van der Waals surface area contributed by atoms with Gasteiger partial charge in [-0.2, -0.15) is 0 Å². The Hall–Kier alpha value is -2.46. The van der Waals surface area contributed by atoms with Crippen LogP contribution in [0.4, 0.5) is 0 Å². The van der Waals surface area contributed by atoms with Crippen LogP contribution in [0.5, 0.6) is 0 Å². The Morgan fingerprint density at radius 2 is 1.68 bits per heavy atom. The van der Waals surface area contributed by atoms with E-state index in [0.717, 1.165) is 24.5 Å². The van der Waals surface area contributed by atoms with Crippen molar-refractivity contribution in [3.63, 3.8) is 0 Å². The molecule has 3 aromatic rings. The van der Waals surface area contributed by atoms with Gasteiger partial charge in [-0.3, -0.25) is 4.98 Å². The summed E-state index contributed by atoms with van der Waals surface area (Å²) >= 11 is 0. The molecule has 1 aromatic carbocycles. The molecule has 2 aromatic heterocycles. The Morgan fingerprint density at radius 1 is 0.955 bits per heavy atom. The first kappa shape index (κ1) is 14.5. The molecule has 0 spiro atoms. The van der Waals surface area contributed by atoms with E-state index in [1.54, 1.807) is 12.4 Å². The second-order valence-corrected chi connectivity index (χ2v) is 5.62. The fourth-order valence-corrected chi connectivity index (χ4v) is 2.59. The molecule has 0 aliphatic rings. The first-order valence-electron chi connectivity index (χ1n) is 7.37. The third-order valence-electron chi connectivity index (χ3n) is 3.60. The molecule has 0 saturated heterocycles. The van der Waals surface area contributed by atoms with Crippen molar-refractivity contribution in [1.82, 2.24) is 19.4 Å². The van der Waals surface area contributed by atoms with Gasteiger partial charge in [0.2, 0.25) is 0 Å². The minimum atomic E-state index is 0.821. The standard InChI is InChI=1S/C18H20N4/c1-21(2)13-16-5-3-4-6-17(16)14-22-12-11-20-18(22)15-7-9-19-10-8-15/h3-12H,13-14H2,1-2H3. The summed E-state index contributed by atoms with van der Waals surface area (Å²) in [6, 6.07) is 12.6. The van der Waals surface area contributed by atoms with Crippen molar-refractivity contribution >= 4 is 0 Å². The predicted octanol–water partition coefficient (Wildman–Crippen LogP) is 3.06. The van der Waals surface area contributed by atoms with Crippen LogP contribution in [0.3, 0.4) is 0 Å². The Bertz CT molecular complexity index is 732. The van der Waals surface area contributed by atoms with Gasteiger partial charge in [0.1, 0.15) is 5.82 Å². The van der Waals surface area contributed by atoms with Gasteiger partial charge in [-0.05, 0) is 37.4 Å². The average Bonchev–Trinajstić information content (AvgIpc) is 2.98. The van der Waals surface area contributed by atoms with E-state index in [9.17, 15) is 0 Å². The topological polar surface area (TPSA) is 34.0 Å². The number of hydrogen-bond donors (Lipinski definition) is 0. The summed E-state index contributed by atoms with van der Waals surface area (Å²) in [4.78, 5) is 10.8. The lowest BCUT2D eigenvalue weighted by Crippen LogP contribution is -2.13. The Morgan fingerprint density at radius 3 is 2.41 bits per heavy atom. The molecule has 0 amide bonds. The Balaban J connectivity index is 1.91. The van der Waals surface area contributed by atoms with Crippen LogP contribution in [-0.4, -0.2) is 33.5 Å². The number of aromatic nitrogens is 3. The molecule has 0 atom stereocenters. The van der Waals surface area contributed by atoms with Gasteiger partial charge in [0.25, 0.3) is 0 Å². The normalized spacial score (nSPS) is 11.0. The van der Waals surface area contributed by atoms with Crippen molar-refractivity contribution in [2.45, 2.75) is 13.1 Å². The fraction of sp³-hybridized carbons (Fsp3) is 0.222. The highest BCUT2D eigenvalue weighted by atomic mass is 15.1. The number of rotatable bonds is 5. The summed E-state index contributed by atoms with van der Waals surface area (Å²) in [7, 11) is 4.19. The molecule has 2 heterocycles. The highest BCUT2D eigenvalue weighted by molar-refractivity contribution is 5.54. The Labute approximate surface area is 131 Å². The van der Waals surface area contributed by atoms with Crippen molar-refractivity contribution in [2.24, 2.45) is 0 Å². The summed E-state index contributed by atoms with van der Waals surface area (Å²) in [5, 5.41) is 0. The van der Waals surface area contributed by atoms with E-state index >= 15 is 0 Å². The predicted molar refractivity (Wildman–Crippen MR) is 88.4 cm³/mol. The molecule has 0 bridgehead atoms. The smallest absolute Gasteiger partial charge is 0.140 e. The largest absolute Gasteiger partial charge is 0.327 e. The monoisotopic (exact) mass is 292 g/mol. The third kappa shape index (κ3) is 3.23. The van der Waals surface area contributed by atoms with Gasteiger partial charge in [0.15, 0.2) is 0 Å². The first-order valence-corrected chi connectivity index (χ1v) is 7.37. The van der Waals surface area contributed by atoms with Crippen molar-refractivity contribution in [3.8, 4) is 11.4 Å². The van der Waals surface area contributed by atoms with E-state index in [4.69, 9.17) is 0 Å². The molecule has 112 valence electrons. The molecule has 0 unspecified atom stereocenters. The highest BCUT2D eigenvalue weighted by Gasteiger charge is 2.09. The lowest BCUT2D eigenvalue weighted by atomic mass is 10.1. The van der Waals surface area contributed by atoms with Crippen molar-refractivity contribution < 1.29 is 0 Å². The molecule has 0 radical (unpaired) electrons. The summed E-state index contributed by atoms with van der Waals surface area (Å²) in [6.45, 7) is 1.76. The van der Waals surface area contributed by atoms with Crippen LogP contribution in [0.2, 0.25) is 0 Å². The molecule has 0 saturated carbocycles. The molecular formula is C18H20N4. The minimum Gasteiger partial charge on any atom is -0.327 e. The second kappa shape index (κ2) is 6.54. The maximum atomic E-state index is 4.50. The zero-order chi connectivity index (χ0) is 15.4. The first-order chi connectivity index (χ1) is 10.7. The summed E-state index contributed by atoms with van der Waals surface area (Å²) in [6.07, 6.45) is 7.48. The van der Waals surface area contributed by atoms with Gasteiger partial charge in [0.05, 0.1) is 0 Å². The van der Waals surface area contributed by atoms with Crippen LogP contribution >= 0.6 is 0 Å². The van der Waals surface area contributed by atoms with E-state index in [1.165, 1.54) is 11.1 Å². The molecular weight excluding hydrogens is 272 g/mol. The number of imidazole rings is 1. The number of pyridine rings is 1. The van der Waals surface area contributed by atoms with E-state index < -0.39 is 0 Å². The highest BCUT2D eigenvalue weighted by Crippen LogP contribution is 2.19. The quantitative estimate of drug-likeness (QED) is 0.725. The molecule has 4 nitrogen and oxygen atoms in total.